The van der Waals surface area contributed by atoms with E-state index in [1.807, 2.05) is 6.07 Å². The fourth-order valence-corrected chi connectivity index (χ4v) is 0.898. The number of hydrogen-bond acceptors (Lipinski definition) is 3. The summed E-state index contributed by atoms with van der Waals surface area (Å²) in [5, 5.41) is 10.8. The van der Waals surface area contributed by atoms with Gasteiger partial charge in [-0.2, -0.15) is 5.26 Å². The van der Waals surface area contributed by atoms with E-state index in [-0.39, 0.29) is 5.91 Å². The third kappa shape index (κ3) is 2.30. The van der Waals surface area contributed by atoms with Crippen LogP contribution in [-0.2, 0) is 7.05 Å². The lowest BCUT2D eigenvalue weighted by molar-refractivity contribution is 0.0946. The summed E-state index contributed by atoms with van der Waals surface area (Å²) in [6.07, 6.45) is 3.37. The number of aryl methyl sites for hydroxylation is 1. The van der Waals surface area contributed by atoms with E-state index in [0.29, 0.717) is 18.7 Å². The van der Waals surface area contributed by atoms with Crippen LogP contribution in [0, 0.1) is 11.3 Å². The van der Waals surface area contributed by atoms with Crippen molar-refractivity contribution >= 4 is 5.91 Å². The first-order chi connectivity index (χ1) is 6.25. The summed E-state index contributed by atoms with van der Waals surface area (Å²) in [4.78, 5) is 15.1. The van der Waals surface area contributed by atoms with Gasteiger partial charge in [0, 0.05) is 13.6 Å². The second kappa shape index (κ2) is 4.26. The number of carbonyl (C=O) groups is 1. The van der Waals surface area contributed by atoms with Crippen LogP contribution in [0.3, 0.4) is 0 Å². The molecule has 0 spiro atoms. The Morgan fingerprint density at radius 1 is 1.85 bits per heavy atom. The molecule has 0 bridgehead atoms. The Labute approximate surface area is 76.0 Å². The molecular weight excluding hydrogens is 168 g/mol. The van der Waals surface area contributed by atoms with Crippen molar-refractivity contribution in [3.63, 3.8) is 0 Å². The SMILES string of the molecule is Cn1cncc1C(=O)NCCC#N. The molecule has 5 heteroatoms. The van der Waals surface area contributed by atoms with Crippen molar-refractivity contribution in [2.75, 3.05) is 6.54 Å². The van der Waals surface area contributed by atoms with E-state index in [1.165, 1.54) is 6.20 Å². The van der Waals surface area contributed by atoms with Gasteiger partial charge in [0.1, 0.15) is 5.69 Å². The van der Waals surface area contributed by atoms with E-state index in [4.69, 9.17) is 5.26 Å². The standard InChI is InChI=1S/C8H10N4O/c1-12-6-10-5-7(12)8(13)11-4-2-3-9/h5-6H,2,4H2,1H3,(H,11,13). The van der Waals surface area contributed by atoms with Crippen LogP contribution in [0.15, 0.2) is 12.5 Å². The van der Waals surface area contributed by atoms with Gasteiger partial charge in [0.2, 0.25) is 0 Å². The van der Waals surface area contributed by atoms with Gasteiger partial charge in [-0.15, -0.1) is 0 Å². The van der Waals surface area contributed by atoms with Crippen LogP contribution in [0.2, 0.25) is 0 Å². The van der Waals surface area contributed by atoms with E-state index in [1.54, 1.807) is 17.9 Å². The number of nitrogens with one attached hydrogen (secondary N) is 1. The monoisotopic (exact) mass is 178 g/mol. The van der Waals surface area contributed by atoms with Crippen molar-refractivity contribution in [3.05, 3.63) is 18.2 Å². The van der Waals surface area contributed by atoms with Gasteiger partial charge >= 0.3 is 0 Å². The molecule has 0 unspecified atom stereocenters. The lowest BCUT2D eigenvalue weighted by atomic mass is 10.4. The Kier molecular flexibility index (Phi) is 3.03. The number of hydrogen-bond donors (Lipinski definition) is 1. The number of aromatic nitrogens is 2. The van der Waals surface area contributed by atoms with Crippen LogP contribution in [0.4, 0.5) is 0 Å². The summed E-state index contributed by atoms with van der Waals surface area (Å²) in [5.41, 5.74) is 0.498. The quantitative estimate of drug-likeness (QED) is 0.665. The minimum atomic E-state index is -0.199. The molecule has 0 aliphatic heterocycles. The molecule has 1 aromatic rings. The third-order valence-electron chi connectivity index (χ3n) is 1.57. The molecule has 0 aliphatic carbocycles. The number of rotatable bonds is 3. The fourth-order valence-electron chi connectivity index (χ4n) is 0.898. The summed E-state index contributed by atoms with van der Waals surface area (Å²) in [6.45, 7) is 0.376. The lowest BCUT2D eigenvalue weighted by Gasteiger charge is -2.01. The Hall–Kier alpha value is -1.83. The molecule has 0 aliphatic rings. The molecule has 1 rings (SSSR count). The molecule has 0 saturated carbocycles. The zero-order valence-corrected chi connectivity index (χ0v) is 7.32. The van der Waals surface area contributed by atoms with Gasteiger partial charge in [-0.3, -0.25) is 4.79 Å². The van der Waals surface area contributed by atoms with Gasteiger partial charge < -0.3 is 9.88 Å². The molecular formula is C8H10N4O. The third-order valence-corrected chi connectivity index (χ3v) is 1.57. The normalized spacial score (nSPS) is 9.23. The molecule has 13 heavy (non-hydrogen) atoms. The molecule has 0 saturated heterocycles. The maximum atomic E-state index is 11.3. The second-order valence-corrected chi connectivity index (χ2v) is 2.55. The Balaban J connectivity index is 2.50. The van der Waals surface area contributed by atoms with Gasteiger partial charge in [-0.25, -0.2) is 4.98 Å². The molecule has 1 N–H and O–H groups in total. The molecule has 1 amide bonds. The lowest BCUT2D eigenvalue weighted by Crippen LogP contribution is -2.25. The minimum absolute atomic E-state index is 0.199. The van der Waals surface area contributed by atoms with E-state index in [0.717, 1.165) is 0 Å². The molecule has 0 aromatic carbocycles. The van der Waals surface area contributed by atoms with Crippen LogP contribution in [-0.4, -0.2) is 22.0 Å². The molecule has 68 valence electrons. The van der Waals surface area contributed by atoms with E-state index in [2.05, 4.69) is 10.3 Å². The van der Waals surface area contributed by atoms with Crippen molar-refractivity contribution < 1.29 is 4.79 Å². The number of carbonyl (C=O) groups excluding carboxylic acids is 1. The average Bonchev–Trinajstić information content (AvgIpc) is 2.52. The zero-order valence-electron chi connectivity index (χ0n) is 7.32. The predicted octanol–water partition coefficient (Wildman–Crippen LogP) is 0.0636. The van der Waals surface area contributed by atoms with Crippen molar-refractivity contribution in [1.29, 1.82) is 5.26 Å². The van der Waals surface area contributed by atoms with Crippen molar-refractivity contribution in [2.24, 2.45) is 7.05 Å². The van der Waals surface area contributed by atoms with Crippen LogP contribution in [0.1, 0.15) is 16.9 Å². The van der Waals surface area contributed by atoms with Crippen molar-refractivity contribution in [3.8, 4) is 6.07 Å². The summed E-state index contributed by atoms with van der Waals surface area (Å²) < 4.78 is 1.63. The minimum Gasteiger partial charge on any atom is -0.350 e. The van der Waals surface area contributed by atoms with Crippen LogP contribution in [0.5, 0.6) is 0 Å². The highest BCUT2D eigenvalue weighted by Crippen LogP contribution is 1.94. The van der Waals surface area contributed by atoms with E-state index >= 15 is 0 Å². The topological polar surface area (TPSA) is 70.7 Å². The van der Waals surface area contributed by atoms with Gasteiger partial charge in [0.25, 0.3) is 5.91 Å². The van der Waals surface area contributed by atoms with Crippen LogP contribution in [0.25, 0.3) is 0 Å². The van der Waals surface area contributed by atoms with Gasteiger partial charge in [0.05, 0.1) is 25.0 Å². The summed E-state index contributed by atoms with van der Waals surface area (Å²) in [7, 11) is 1.74. The highest BCUT2D eigenvalue weighted by Gasteiger charge is 2.07. The smallest absolute Gasteiger partial charge is 0.269 e. The molecule has 1 aromatic heterocycles. The van der Waals surface area contributed by atoms with E-state index < -0.39 is 0 Å². The van der Waals surface area contributed by atoms with Gasteiger partial charge in [0.15, 0.2) is 0 Å². The molecule has 5 nitrogen and oxygen atoms in total. The first-order valence-electron chi connectivity index (χ1n) is 3.87. The second-order valence-electron chi connectivity index (χ2n) is 2.55. The Bertz CT molecular complexity index is 336. The number of amides is 1. The predicted molar refractivity (Wildman–Crippen MR) is 45.8 cm³/mol. The highest BCUT2D eigenvalue weighted by atomic mass is 16.1. The number of nitriles is 1. The first kappa shape index (κ1) is 9.26. The highest BCUT2D eigenvalue weighted by molar-refractivity contribution is 5.92. The van der Waals surface area contributed by atoms with Crippen molar-refractivity contribution in [2.45, 2.75) is 6.42 Å². The van der Waals surface area contributed by atoms with Crippen molar-refractivity contribution in [1.82, 2.24) is 14.9 Å². The van der Waals surface area contributed by atoms with Crippen LogP contribution < -0.4 is 5.32 Å². The Morgan fingerprint density at radius 3 is 3.15 bits per heavy atom. The molecule has 0 fully saturated rings. The summed E-state index contributed by atoms with van der Waals surface area (Å²) >= 11 is 0. The van der Waals surface area contributed by atoms with Crippen LogP contribution >= 0.6 is 0 Å². The largest absolute Gasteiger partial charge is 0.350 e. The van der Waals surface area contributed by atoms with Gasteiger partial charge in [-0.05, 0) is 0 Å². The van der Waals surface area contributed by atoms with Gasteiger partial charge in [-0.1, -0.05) is 0 Å². The molecule has 0 atom stereocenters. The summed E-state index contributed by atoms with van der Waals surface area (Å²) in [5.74, 6) is -0.199. The number of nitrogens with zero attached hydrogens (tertiary/aromatic N) is 3. The maximum Gasteiger partial charge on any atom is 0.269 e. The fraction of sp³-hybridized carbons (Fsp3) is 0.375. The first-order valence-corrected chi connectivity index (χ1v) is 3.87. The maximum absolute atomic E-state index is 11.3. The summed E-state index contributed by atoms with van der Waals surface area (Å²) in [6, 6.07) is 1.95. The Morgan fingerprint density at radius 2 is 2.62 bits per heavy atom. The molecule has 1 heterocycles. The molecule has 0 radical (unpaired) electrons. The average molecular weight is 178 g/mol. The van der Waals surface area contributed by atoms with E-state index in [9.17, 15) is 4.79 Å². The number of imidazole rings is 1. The zero-order chi connectivity index (χ0) is 9.68.